The average molecular weight is 883 g/mol. The topological polar surface area (TPSA) is 16.3 Å². The molecular formula is C62H44F2N4. The summed E-state index contributed by atoms with van der Waals surface area (Å²) in [5.41, 5.74) is 17.0. The first-order valence-electron chi connectivity index (χ1n) is 22.9. The minimum Gasteiger partial charge on any atom is -0.310 e. The number of benzene rings is 10. The Balaban J connectivity index is 0.907. The summed E-state index contributed by atoms with van der Waals surface area (Å²) in [4.78, 5) is 4.62. The van der Waals surface area contributed by atoms with Crippen LogP contribution in [0.4, 0.5) is 42.9 Å². The Morgan fingerprint density at radius 3 is 0.971 bits per heavy atom. The van der Waals surface area contributed by atoms with Crippen LogP contribution in [0.25, 0.3) is 66.1 Å². The molecule has 0 amide bonds. The summed E-state index contributed by atoms with van der Waals surface area (Å²) in [6.45, 7) is 4.22. The standard InChI is InChI=1S/C62H44F2N4/c1-41-11-23-47(24-12-41)65(53-35-37-61-57(39-53)55-7-3-5-9-59(55)67(61)51-31-19-45(63)20-32-51)49-27-15-43(16-28-49)44-17-29-50(30-18-44)66(48-25-13-42(2)14-26-48)54-36-38-62-58(40-54)56-8-4-6-10-60(56)68(62)52-33-21-46(64)22-34-52/h3-40H,1-2H3. The van der Waals surface area contributed by atoms with Crippen molar-refractivity contribution in [2.75, 3.05) is 9.80 Å². The first-order chi connectivity index (χ1) is 33.3. The third kappa shape index (κ3) is 7.15. The molecule has 0 aliphatic rings. The highest BCUT2D eigenvalue weighted by molar-refractivity contribution is 6.12. The van der Waals surface area contributed by atoms with E-state index in [4.69, 9.17) is 0 Å². The highest BCUT2D eigenvalue weighted by Gasteiger charge is 2.20. The first kappa shape index (κ1) is 40.7. The largest absolute Gasteiger partial charge is 0.310 e. The highest BCUT2D eigenvalue weighted by atomic mass is 19.1. The predicted octanol–water partition coefficient (Wildman–Crippen LogP) is 17.4. The van der Waals surface area contributed by atoms with Crippen LogP contribution in [0.2, 0.25) is 0 Å². The van der Waals surface area contributed by atoms with E-state index in [9.17, 15) is 8.78 Å². The molecule has 0 aliphatic heterocycles. The molecule has 4 nitrogen and oxygen atoms in total. The van der Waals surface area contributed by atoms with E-state index in [-0.39, 0.29) is 11.6 Å². The number of nitrogens with zero attached hydrogens (tertiary/aromatic N) is 4. The number of fused-ring (bicyclic) bond motifs is 6. The molecule has 6 heteroatoms. The van der Waals surface area contributed by atoms with E-state index >= 15 is 0 Å². The smallest absolute Gasteiger partial charge is 0.123 e. The van der Waals surface area contributed by atoms with Crippen LogP contribution in [0.5, 0.6) is 0 Å². The van der Waals surface area contributed by atoms with E-state index in [0.29, 0.717) is 0 Å². The van der Waals surface area contributed by atoms with E-state index in [1.54, 1.807) is 0 Å². The van der Waals surface area contributed by atoms with Crippen molar-refractivity contribution in [1.82, 2.24) is 9.13 Å². The van der Waals surface area contributed by atoms with Crippen LogP contribution in [-0.4, -0.2) is 9.13 Å². The lowest BCUT2D eigenvalue weighted by molar-refractivity contribution is 0.627. The second-order valence-corrected chi connectivity index (χ2v) is 17.5. The number of hydrogen-bond donors (Lipinski definition) is 0. The molecule has 0 radical (unpaired) electrons. The first-order valence-corrected chi connectivity index (χ1v) is 22.9. The molecule has 12 rings (SSSR count). The number of halogens is 2. The highest BCUT2D eigenvalue weighted by Crippen LogP contribution is 2.43. The summed E-state index contributed by atoms with van der Waals surface area (Å²) in [7, 11) is 0. The Bertz CT molecular complexity index is 3540. The van der Waals surface area contributed by atoms with E-state index in [2.05, 4.69) is 215 Å². The fraction of sp³-hybridized carbons (Fsp3) is 0.0323. The van der Waals surface area contributed by atoms with Gasteiger partial charge in [-0.1, -0.05) is 96.1 Å². The quantitative estimate of drug-likeness (QED) is 0.144. The van der Waals surface area contributed by atoms with Gasteiger partial charge in [0.1, 0.15) is 11.6 Å². The Hall–Kier alpha value is -8.74. The molecule has 0 unspecified atom stereocenters. The minimum absolute atomic E-state index is 0.255. The monoisotopic (exact) mass is 882 g/mol. The number of anilines is 6. The number of aryl methyl sites for hydroxylation is 2. The van der Waals surface area contributed by atoms with Crippen LogP contribution in [0, 0.1) is 25.5 Å². The molecule has 0 saturated heterocycles. The number of hydrogen-bond acceptors (Lipinski definition) is 2. The summed E-state index contributed by atoms with van der Waals surface area (Å²) >= 11 is 0. The zero-order valence-corrected chi connectivity index (χ0v) is 37.5. The molecule has 0 aliphatic carbocycles. The van der Waals surface area contributed by atoms with Crippen molar-refractivity contribution < 1.29 is 8.78 Å². The van der Waals surface area contributed by atoms with Crippen LogP contribution in [0.15, 0.2) is 231 Å². The van der Waals surface area contributed by atoms with E-state index in [0.717, 1.165) is 100 Å². The second-order valence-electron chi connectivity index (χ2n) is 17.5. The molecule has 0 N–H and O–H groups in total. The summed E-state index contributed by atoms with van der Waals surface area (Å²) in [5.74, 6) is -0.510. The van der Waals surface area contributed by atoms with Gasteiger partial charge in [0.25, 0.3) is 0 Å². The van der Waals surface area contributed by atoms with Crippen molar-refractivity contribution in [3.8, 4) is 22.5 Å². The third-order valence-corrected chi connectivity index (χ3v) is 13.2. The van der Waals surface area contributed by atoms with Gasteiger partial charge in [-0.3, -0.25) is 0 Å². The lowest BCUT2D eigenvalue weighted by Crippen LogP contribution is -2.10. The van der Waals surface area contributed by atoms with Crippen molar-refractivity contribution in [3.63, 3.8) is 0 Å². The van der Waals surface area contributed by atoms with Gasteiger partial charge in [0.2, 0.25) is 0 Å². The number of aromatic nitrogens is 2. The molecular weight excluding hydrogens is 839 g/mol. The van der Waals surface area contributed by atoms with Crippen molar-refractivity contribution in [3.05, 3.63) is 253 Å². The lowest BCUT2D eigenvalue weighted by Gasteiger charge is -2.26. The molecule has 326 valence electrons. The van der Waals surface area contributed by atoms with Gasteiger partial charge in [0.15, 0.2) is 0 Å². The van der Waals surface area contributed by atoms with Gasteiger partial charge in [0.05, 0.1) is 22.1 Å². The average Bonchev–Trinajstić information content (AvgIpc) is 3.89. The van der Waals surface area contributed by atoms with Gasteiger partial charge >= 0.3 is 0 Å². The van der Waals surface area contributed by atoms with Gasteiger partial charge in [-0.05, 0) is 171 Å². The Morgan fingerprint density at radius 1 is 0.294 bits per heavy atom. The predicted molar refractivity (Wildman–Crippen MR) is 279 cm³/mol. The molecule has 12 aromatic rings. The fourth-order valence-corrected chi connectivity index (χ4v) is 9.82. The summed E-state index contributed by atoms with van der Waals surface area (Å²) in [5, 5.41) is 4.50. The van der Waals surface area contributed by atoms with Crippen LogP contribution < -0.4 is 9.80 Å². The fourth-order valence-electron chi connectivity index (χ4n) is 9.82. The number of rotatable bonds is 9. The molecule has 0 atom stereocenters. The minimum atomic E-state index is -0.255. The SMILES string of the molecule is Cc1ccc(N(c2ccc(-c3ccc(N(c4ccc(C)cc4)c4ccc5c(c4)c4ccccc4n5-c4ccc(F)cc4)cc3)cc2)c2ccc3c(c2)c2ccccc2n3-c2ccc(F)cc2)cc1. The van der Waals surface area contributed by atoms with Crippen molar-refractivity contribution in [1.29, 1.82) is 0 Å². The maximum Gasteiger partial charge on any atom is 0.123 e. The molecule has 2 aromatic heterocycles. The molecule has 0 fully saturated rings. The van der Waals surface area contributed by atoms with Gasteiger partial charge in [-0.15, -0.1) is 0 Å². The van der Waals surface area contributed by atoms with Gasteiger partial charge in [-0.2, -0.15) is 0 Å². The van der Waals surface area contributed by atoms with Crippen LogP contribution in [0.3, 0.4) is 0 Å². The third-order valence-electron chi connectivity index (χ3n) is 13.2. The van der Waals surface area contributed by atoms with E-state index in [1.807, 2.05) is 24.3 Å². The molecule has 2 heterocycles. The summed E-state index contributed by atoms with van der Waals surface area (Å²) in [6.07, 6.45) is 0. The Morgan fingerprint density at radius 2 is 0.603 bits per heavy atom. The van der Waals surface area contributed by atoms with Gasteiger partial charge in [0, 0.05) is 67.0 Å². The maximum atomic E-state index is 14.0. The van der Waals surface area contributed by atoms with Crippen molar-refractivity contribution in [2.24, 2.45) is 0 Å². The zero-order valence-electron chi connectivity index (χ0n) is 37.5. The zero-order chi connectivity index (χ0) is 45.9. The lowest BCUT2D eigenvalue weighted by atomic mass is 10.0. The van der Waals surface area contributed by atoms with E-state index < -0.39 is 0 Å². The van der Waals surface area contributed by atoms with Crippen LogP contribution >= 0.6 is 0 Å². The normalized spacial score (nSPS) is 11.5. The maximum absolute atomic E-state index is 14.0. The number of para-hydroxylation sites is 2. The molecule has 0 saturated carbocycles. The van der Waals surface area contributed by atoms with Crippen molar-refractivity contribution >= 4 is 77.7 Å². The van der Waals surface area contributed by atoms with Crippen LogP contribution in [-0.2, 0) is 0 Å². The van der Waals surface area contributed by atoms with Crippen LogP contribution in [0.1, 0.15) is 11.1 Å². The van der Waals surface area contributed by atoms with E-state index in [1.165, 1.54) is 35.4 Å². The van der Waals surface area contributed by atoms with Crippen molar-refractivity contribution in [2.45, 2.75) is 13.8 Å². The molecule has 0 bridgehead atoms. The van der Waals surface area contributed by atoms with Gasteiger partial charge in [-0.25, -0.2) is 8.78 Å². The summed E-state index contributed by atoms with van der Waals surface area (Å²) in [6, 6.07) is 78.4. The molecule has 10 aromatic carbocycles. The van der Waals surface area contributed by atoms with Gasteiger partial charge < -0.3 is 18.9 Å². The molecule has 0 spiro atoms. The molecule has 68 heavy (non-hydrogen) atoms. The Labute approximate surface area is 393 Å². The summed E-state index contributed by atoms with van der Waals surface area (Å²) < 4.78 is 32.5. The second kappa shape index (κ2) is 16.6. The Kier molecular flexibility index (Phi) is 9.95.